The fraction of sp³-hybridized carbons (Fsp3) is 0.533. The van der Waals surface area contributed by atoms with E-state index in [9.17, 15) is 0 Å². The number of nitrogens with zero attached hydrogens (tertiary/aromatic N) is 1. The maximum atomic E-state index is 4.24. The molecule has 4 heteroatoms. The van der Waals surface area contributed by atoms with Crippen molar-refractivity contribution >= 4 is 29.9 Å². The maximum Gasteiger partial charge on any atom is 0.191 e. The molecule has 0 amide bonds. The molecule has 0 fully saturated rings. The van der Waals surface area contributed by atoms with Gasteiger partial charge in [0.15, 0.2) is 5.96 Å². The van der Waals surface area contributed by atoms with E-state index in [1.54, 1.807) is 0 Å². The van der Waals surface area contributed by atoms with Crippen molar-refractivity contribution in [2.45, 2.75) is 26.2 Å². The van der Waals surface area contributed by atoms with Crippen LogP contribution in [0.3, 0.4) is 0 Å². The van der Waals surface area contributed by atoms with Gasteiger partial charge in [-0.05, 0) is 23.5 Å². The van der Waals surface area contributed by atoms with E-state index in [0.29, 0.717) is 11.8 Å². The number of fused-ring (bicyclic) bond motifs is 1. The third kappa shape index (κ3) is 4.37. The molecule has 0 saturated heterocycles. The van der Waals surface area contributed by atoms with Gasteiger partial charge in [-0.2, -0.15) is 0 Å². The predicted molar refractivity (Wildman–Crippen MR) is 92.5 cm³/mol. The summed E-state index contributed by atoms with van der Waals surface area (Å²) in [6.07, 6.45) is 1.18. The summed E-state index contributed by atoms with van der Waals surface area (Å²) in [6.45, 7) is 6.32. The van der Waals surface area contributed by atoms with Crippen molar-refractivity contribution in [3.8, 4) is 0 Å². The maximum absolute atomic E-state index is 4.24. The number of benzene rings is 1. The van der Waals surface area contributed by atoms with Crippen molar-refractivity contribution in [3.05, 3.63) is 35.4 Å². The summed E-state index contributed by atoms with van der Waals surface area (Å²) in [4.78, 5) is 4.24. The Balaban J connectivity index is 0.00000180. The average Bonchev–Trinajstić information content (AvgIpc) is 2.34. The van der Waals surface area contributed by atoms with E-state index in [1.165, 1.54) is 17.5 Å². The Morgan fingerprint density at radius 3 is 2.68 bits per heavy atom. The lowest BCUT2D eigenvalue weighted by Gasteiger charge is -2.30. The second-order valence-electron chi connectivity index (χ2n) is 5.33. The molecule has 106 valence electrons. The Hall–Kier alpha value is -0.780. The van der Waals surface area contributed by atoms with Crippen LogP contribution in [0, 0.1) is 5.92 Å². The Kier molecular flexibility index (Phi) is 6.62. The molecule has 2 N–H and O–H groups in total. The van der Waals surface area contributed by atoms with Crippen molar-refractivity contribution in [1.29, 1.82) is 0 Å². The number of halogens is 1. The summed E-state index contributed by atoms with van der Waals surface area (Å²) in [6, 6.07) is 8.69. The van der Waals surface area contributed by atoms with Gasteiger partial charge >= 0.3 is 0 Å². The largest absolute Gasteiger partial charge is 0.356 e. The van der Waals surface area contributed by atoms with E-state index in [1.807, 2.05) is 7.05 Å². The summed E-state index contributed by atoms with van der Waals surface area (Å²) in [5, 5.41) is 6.74. The molecule has 0 aliphatic heterocycles. The monoisotopic (exact) mass is 373 g/mol. The van der Waals surface area contributed by atoms with Gasteiger partial charge in [-0.15, -0.1) is 24.0 Å². The van der Waals surface area contributed by atoms with E-state index in [4.69, 9.17) is 0 Å². The Morgan fingerprint density at radius 1 is 1.32 bits per heavy atom. The molecule has 0 saturated carbocycles. The molecule has 1 unspecified atom stereocenters. The first-order valence-corrected chi connectivity index (χ1v) is 6.73. The minimum atomic E-state index is 0. The van der Waals surface area contributed by atoms with E-state index in [-0.39, 0.29) is 24.0 Å². The van der Waals surface area contributed by atoms with Gasteiger partial charge in [-0.1, -0.05) is 38.1 Å². The van der Waals surface area contributed by atoms with Crippen LogP contribution in [0.15, 0.2) is 29.3 Å². The fourth-order valence-electron chi connectivity index (χ4n) is 2.29. The molecule has 1 atom stereocenters. The third-order valence-electron chi connectivity index (χ3n) is 3.38. The first kappa shape index (κ1) is 16.3. The molecular formula is C15H24IN3. The number of hydrogen-bond donors (Lipinski definition) is 2. The van der Waals surface area contributed by atoms with Crippen molar-refractivity contribution in [3.63, 3.8) is 0 Å². The summed E-state index contributed by atoms with van der Waals surface area (Å²) >= 11 is 0. The first-order valence-electron chi connectivity index (χ1n) is 6.73. The van der Waals surface area contributed by atoms with Crippen molar-refractivity contribution < 1.29 is 0 Å². The van der Waals surface area contributed by atoms with Crippen LogP contribution in [0.4, 0.5) is 0 Å². The number of guanidine groups is 1. The lowest BCUT2D eigenvalue weighted by Crippen LogP contribution is -2.42. The molecule has 1 aliphatic carbocycles. The van der Waals surface area contributed by atoms with Gasteiger partial charge in [-0.3, -0.25) is 4.99 Å². The first-order chi connectivity index (χ1) is 8.70. The highest BCUT2D eigenvalue weighted by Crippen LogP contribution is 2.33. The van der Waals surface area contributed by atoms with Crippen LogP contribution in [0.1, 0.15) is 30.9 Å². The van der Waals surface area contributed by atoms with Crippen molar-refractivity contribution in [1.82, 2.24) is 10.6 Å². The van der Waals surface area contributed by atoms with Gasteiger partial charge in [0.25, 0.3) is 0 Å². The summed E-state index contributed by atoms with van der Waals surface area (Å²) in [5.74, 6) is 2.18. The van der Waals surface area contributed by atoms with Crippen LogP contribution in [0.2, 0.25) is 0 Å². The fourth-order valence-corrected chi connectivity index (χ4v) is 2.29. The topological polar surface area (TPSA) is 36.4 Å². The zero-order valence-corrected chi connectivity index (χ0v) is 14.3. The van der Waals surface area contributed by atoms with Gasteiger partial charge in [0.05, 0.1) is 0 Å². The molecular weight excluding hydrogens is 349 g/mol. The molecule has 19 heavy (non-hydrogen) atoms. The molecule has 1 aromatic rings. The van der Waals surface area contributed by atoms with Crippen LogP contribution >= 0.6 is 24.0 Å². The SMILES string of the molecule is CN=C(NCC(C)C)NCC1Cc2ccccc21.I. The van der Waals surface area contributed by atoms with Crippen molar-refractivity contribution in [2.75, 3.05) is 20.1 Å². The summed E-state index contributed by atoms with van der Waals surface area (Å²) in [5.41, 5.74) is 2.98. The van der Waals surface area contributed by atoms with E-state index in [0.717, 1.165) is 19.0 Å². The van der Waals surface area contributed by atoms with Gasteiger partial charge in [0, 0.05) is 26.1 Å². The average molecular weight is 373 g/mol. The molecule has 0 bridgehead atoms. The Morgan fingerprint density at radius 2 is 2.05 bits per heavy atom. The van der Waals surface area contributed by atoms with E-state index < -0.39 is 0 Å². The Bertz CT molecular complexity index is 429. The number of hydrogen-bond acceptors (Lipinski definition) is 1. The minimum absolute atomic E-state index is 0. The summed E-state index contributed by atoms with van der Waals surface area (Å²) in [7, 11) is 1.82. The van der Waals surface area contributed by atoms with Crippen LogP contribution in [0.5, 0.6) is 0 Å². The summed E-state index contributed by atoms with van der Waals surface area (Å²) < 4.78 is 0. The zero-order chi connectivity index (χ0) is 13.0. The van der Waals surface area contributed by atoms with Gasteiger partial charge in [-0.25, -0.2) is 0 Å². The highest BCUT2D eigenvalue weighted by Gasteiger charge is 2.25. The highest BCUT2D eigenvalue weighted by molar-refractivity contribution is 14.0. The number of rotatable bonds is 4. The quantitative estimate of drug-likeness (QED) is 0.484. The lowest BCUT2D eigenvalue weighted by molar-refractivity contribution is 0.572. The van der Waals surface area contributed by atoms with E-state index in [2.05, 4.69) is 53.7 Å². The predicted octanol–water partition coefficient (Wildman–Crippen LogP) is 2.77. The van der Waals surface area contributed by atoms with Crippen LogP contribution < -0.4 is 10.6 Å². The van der Waals surface area contributed by atoms with Crippen LogP contribution in [0.25, 0.3) is 0 Å². The lowest BCUT2D eigenvalue weighted by atomic mass is 9.78. The molecule has 1 aliphatic rings. The Labute approximate surface area is 133 Å². The van der Waals surface area contributed by atoms with Crippen molar-refractivity contribution in [2.24, 2.45) is 10.9 Å². The zero-order valence-electron chi connectivity index (χ0n) is 11.9. The molecule has 2 rings (SSSR count). The molecule has 1 aromatic carbocycles. The van der Waals surface area contributed by atoms with Crippen LogP contribution in [-0.2, 0) is 6.42 Å². The van der Waals surface area contributed by atoms with E-state index >= 15 is 0 Å². The molecule has 0 radical (unpaired) electrons. The normalized spacial score (nSPS) is 17.3. The third-order valence-corrected chi connectivity index (χ3v) is 3.38. The van der Waals surface area contributed by atoms with Crippen LogP contribution in [-0.4, -0.2) is 26.1 Å². The molecule has 0 spiro atoms. The second kappa shape index (κ2) is 7.72. The molecule has 3 nitrogen and oxygen atoms in total. The number of nitrogens with one attached hydrogen (secondary N) is 2. The second-order valence-corrected chi connectivity index (χ2v) is 5.33. The van der Waals surface area contributed by atoms with Gasteiger partial charge < -0.3 is 10.6 Å². The minimum Gasteiger partial charge on any atom is -0.356 e. The molecule has 0 heterocycles. The standard InChI is InChI=1S/C15H23N3.HI/c1-11(2)9-17-15(16-3)18-10-13-8-12-6-4-5-7-14(12)13;/h4-7,11,13H,8-10H2,1-3H3,(H2,16,17,18);1H. The number of aliphatic imine (C=N–C) groups is 1. The molecule has 0 aromatic heterocycles. The van der Waals surface area contributed by atoms with Gasteiger partial charge in [0.1, 0.15) is 0 Å². The highest BCUT2D eigenvalue weighted by atomic mass is 127. The van der Waals surface area contributed by atoms with Gasteiger partial charge in [0.2, 0.25) is 0 Å². The smallest absolute Gasteiger partial charge is 0.191 e.